The largest absolute Gasteiger partial charge is 0.480 e. The number of rotatable bonds is 5. The molecule has 0 aliphatic rings. The van der Waals surface area contributed by atoms with Gasteiger partial charge in [-0.2, -0.15) is 0 Å². The van der Waals surface area contributed by atoms with Crippen molar-refractivity contribution in [1.82, 2.24) is 5.32 Å². The molecular formula is C16H11BrClF2NO3. The van der Waals surface area contributed by atoms with Crippen LogP contribution in [0.15, 0.2) is 40.9 Å². The van der Waals surface area contributed by atoms with Crippen molar-refractivity contribution in [1.29, 1.82) is 0 Å². The molecule has 0 spiro atoms. The van der Waals surface area contributed by atoms with E-state index < -0.39 is 29.6 Å². The van der Waals surface area contributed by atoms with Gasteiger partial charge in [0.05, 0.1) is 0 Å². The molecule has 2 N–H and O–H groups in total. The number of nitrogens with one attached hydrogen (secondary N) is 1. The number of carbonyl (C=O) groups excluding carboxylic acids is 1. The number of benzene rings is 2. The zero-order valence-electron chi connectivity index (χ0n) is 12.0. The average Bonchev–Trinajstić information content (AvgIpc) is 2.48. The Morgan fingerprint density at radius 1 is 1.17 bits per heavy atom. The Bertz CT molecular complexity index is 781. The summed E-state index contributed by atoms with van der Waals surface area (Å²) < 4.78 is 27.0. The van der Waals surface area contributed by atoms with Crippen molar-refractivity contribution in [3.05, 3.63) is 68.7 Å². The fraction of sp³-hybridized carbons (Fsp3) is 0.125. The Morgan fingerprint density at radius 3 is 2.38 bits per heavy atom. The highest BCUT2D eigenvalue weighted by Gasteiger charge is 2.23. The van der Waals surface area contributed by atoms with Crippen LogP contribution in [0.4, 0.5) is 8.78 Å². The number of hydrogen-bond donors (Lipinski definition) is 2. The first-order valence-electron chi connectivity index (χ1n) is 6.70. The normalized spacial score (nSPS) is 11.8. The van der Waals surface area contributed by atoms with E-state index in [1.807, 2.05) is 0 Å². The molecule has 2 aromatic carbocycles. The molecule has 0 heterocycles. The molecule has 0 saturated carbocycles. The predicted molar refractivity (Wildman–Crippen MR) is 88.1 cm³/mol. The summed E-state index contributed by atoms with van der Waals surface area (Å²) >= 11 is 9.15. The number of carboxylic acid groups (broad SMARTS) is 1. The summed E-state index contributed by atoms with van der Waals surface area (Å²) in [6, 6.07) is 5.82. The lowest BCUT2D eigenvalue weighted by atomic mass is 10.1. The van der Waals surface area contributed by atoms with Gasteiger partial charge in [-0.25, -0.2) is 13.6 Å². The molecule has 1 amide bonds. The minimum Gasteiger partial charge on any atom is -0.480 e. The van der Waals surface area contributed by atoms with Crippen molar-refractivity contribution >= 4 is 39.4 Å². The van der Waals surface area contributed by atoms with Crippen molar-refractivity contribution in [3.8, 4) is 0 Å². The zero-order valence-corrected chi connectivity index (χ0v) is 14.4. The van der Waals surface area contributed by atoms with Crippen LogP contribution in [-0.2, 0) is 11.2 Å². The van der Waals surface area contributed by atoms with Gasteiger partial charge in [0.1, 0.15) is 17.7 Å². The number of halogens is 4. The van der Waals surface area contributed by atoms with Crippen molar-refractivity contribution in [2.45, 2.75) is 12.5 Å². The molecule has 1 atom stereocenters. The van der Waals surface area contributed by atoms with Crippen LogP contribution in [0.3, 0.4) is 0 Å². The van der Waals surface area contributed by atoms with Gasteiger partial charge in [0, 0.05) is 27.5 Å². The van der Waals surface area contributed by atoms with E-state index in [0.717, 1.165) is 12.1 Å². The summed E-state index contributed by atoms with van der Waals surface area (Å²) in [5, 5.41) is 11.9. The van der Waals surface area contributed by atoms with Crippen LogP contribution in [0.1, 0.15) is 15.9 Å². The molecule has 24 heavy (non-hydrogen) atoms. The van der Waals surface area contributed by atoms with Gasteiger partial charge in [-0.15, -0.1) is 0 Å². The van der Waals surface area contributed by atoms with Crippen LogP contribution in [0.2, 0.25) is 5.02 Å². The maximum absolute atomic E-state index is 13.2. The number of carbonyl (C=O) groups is 2. The van der Waals surface area contributed by atoms with Crippen LogP contribution in [-0.4, -0.2) is 23.0 Å². The molecule has 0 aromatic heterocycles. The SMILES string of the molecule is O=C(N[C@@H](Cc1cc(Cl)ccc1Br)C(=O)O)c1cc(F)cc(F)c1. The maximum atomic E-state index is 13.2. The lowest BCUT2D eigenvalue weighted by Gasteiger charge is -2.16. The summed E-state index contributed by atoms with van der Waals surface area (Å²) in [6.45, 7) is 0. The molecule has 4 nitrogen and oxygen atoms in total. The minimum absolute atomic E-state index is 0.0555. The van der Waals surface area contributed by atoms with Crippen molar-refractivity contribution in [2.75, 3.05) is 0 Å². The first-order chi connectivity index (χ1) is 11.3. The van der Waals surface area contributed by atoms with E-state index in [4.69, 9.17) is 11.6 Å². The van der Waals surface area contributed by atoms with Crippen molar-refractivity contribution in [3.63, 3.8) is 0 Å². The first kappa shape index (κ1) is 18.4. The lowest BCUT2D eigenvalue weighted by molar-refractivity contribution is -0.139. The van der Waals surface area contributed by atoms with Gasteiger partial charge in [0.15, 0.2) is 0 Å². The Morgan fingerprint density at radius 2 is 1.79 bits per heavy atom. The molecule has 0 radical (unpaired) electrons. The molecule has 0 unspecified atom stereocenters. The average molecular weight is 419 g/mol. The summed E-state index contributed by atoms with van der Waals surface area (Å²) in [6.07, 6.45) is -0.0555. The third kappa shape index (κ3) is 4.75. The van der Waals surface area contributed by atoms with Gasteiger partial charge in [0.25, 0.3) is 5.91 Å². The van der Waals surface area contributed by atoms with E-state index in [1.54, 1.807) is 18.2 Å². The third-order valence-corrected chi connectivity index (χ3v) is 4.17. The summed E-state index contributed by atoms with van der Waals surface area (Å²) in [4.78, 5) is 23.5. The fourth-order valence-electron chi connectivity index (χ4n) is 2.05. The quantitative estimate of drug-likeness (QED) is 0.776. The van der Waals surface area contributed by atoms with Crippen LogP contribution in [0.5, 0.6) is 0 Å². The summed E-state index contributed by atoms with van der Waals surface area (Å²) in [7, 11) is 0. The second-order valence-corrected chi connectivity index (χ2v) is 6.25. The van der Waals surface area contributed by atoms with Crippen LogP contribution in [0.25, 0.3) is 0 Å². The van der Waals surface area contributed by atoms with E-state index in [9.17, 15) is 23.5 Å². The van der Waals surface area contributed by atoms with Gasteiger partial charge in [-0.3, -0.25) is 4.79 Å². The first-order valence-corrected chi connectivity index (χ1v) is 7.87. The maximum Gasteiger partial charge on any atom is 0.326 e. The highest BCUT2D eigenvalue weighted by atomic mass is 79.9. The number of amides is 1. The standard InChI is InChI=1S/C16H11BrClF2NO3/c17-13-2-1-10(18)3-8(13)6-14(16(23)24)21-15(22)9-4-11(19)7-12(20)5-9/h1-5,7,14H,6H2,(H,21,22)(H,23,24)/t14-/m0/s1. The Hall–Kier alpha value is -1.99. The summed E-state index contributed by atoms with van der Waals surface area (Å²) in [5.41, 5.74) is 0.268. The van der Waals surface area contributed by atoms with Gasteiger partial charge < -0.3 is 10.4 Å². The third-order valence-electron chi connectivity index (χ3n) is 3.16. The van der Waals surface area contributed by atoms with Gasteiger partial charge in [-0.05, 0) is 35.9 Å². The second kappa shape index (κ2) is 7.72. The Labute approximate surface area is 149 Å². The van der Waals surface area contributed by atoms with E-state index in [2.05, 4.69) is 21.2 Å². The van der Waals surface area contributed by atoms with E-state index in [1.165, 1.54) is 0 Å². The molecule has 2 aromatic rings. The molecule has 126 valence electrons. The summed E-state index contributed by atoms with van der Waals surface area (Å²) in [5.74, 6) is -4.03. The smallest absolute Gasteiger partial charge is 0.326 e. The van der Waals surface area contributed by atoms with E-state index >= 15 is 0 Å². The van der Waals surface area contributed by atoms with Gasteiger partial charge in [-0.1, -0.05) is 27.5 Å². The highest BCUT2D eigenvalue weighted by Crippen LogP contribution is 2.22. The van der Waals surface area contributed by atoms with Crippen LogP contribution >= 0.6 is 27.5 Å². The van der Waals surface area contributed by atoms with Gasteiger partial charge in [0.2, 0.25) is 0 Å². The topological polar surface area (TPSA) is 66.4 Å². The molecule has 0 fully saturated rings. The Balaban J connectivity index is 2.20. The molecule has 0 bridgehead atoms. The fourth-order valence-corrected chi connectivity index (χ4v) is 2.65. The van der Waals surface area contributed by atoms with Crippen molar-refractivity contribution < 1.29 is 23.5 Å². The van der Waals surface area contributed by atoms with Gasteiger partial charge >= 0.3 is 5.97 Å². The molecule has 2 rings (SSSR count). The molecule has 0 saturated heterocycles. The molecule has 8 heteroatoms. The predicted octanol–water partition coefficient (Wildman–Crippen LogP) is 3.81. The number of hydrogen-bond acceptors (Lipinski definition) is 2. The van der Waals surface area contributed by atoms with E-state index in [0.29, 0.717) is 21.1 Å². The molecule has 0 aliphatic heterocycles. The molecule has 0 aliphatic carbocycles. The zero-order chi connectivity index (χ0) is 17.9. The number of aliphatic carboxylic acids is 1. The molecular weight excluding hydrogens is 408 g/mol. The van der Waals surface area contributed by atoms with E-state index in [-0.39, 0.29) is 12.0 Å². The van der Waals surface area contributed by atoms with Crippen LogP contribution in [0, 0.1) is 11.6 Å². The van der Waals surface area contributed by atoms with Crippen molar-refractivity contribution in [2.24, 2.45) is 0 Å². The van der Waals surface area contributed by atoms with Crippen LogP contribution < -0.4 is 5.32 Å². The Kier molecular flexibility index (Phi) is 5.90. The second-order valence-electron chi connectivity index (χ2n) is 4.96. The highest BCUT2D eigenvalue weighted by molar-refractivity contribution is 9.10. The monoisotopic (exact) mass is 417 g/mol. The minimum atomic E-state index is -1.29. The number of carboxylic acids is 1. The lowest BCUT2D eigenvalue weighted by Crippen LogP contribution is -2.42.